The molecule has 0 amide bonds. The highest BCUT2D eigenvalue weighted by Crippen LogP contribution is 2.32. The minimum Gasteiger partial charge on any atom is -0.490 e. The number of sulfonamides is 1. The molecule has 1 aromatic carbocycles. The monoisotopic (exact) mass is 357 g/mol. The van der Waals surface area contributed by atoms with Gasteiger partial charge in [-0.15, -0.1) is 0 Å². The lowest BCUT2D eigenvalue weighted by molar-refractivity contribution is -0.142. The highest BCUT2D eigenvalue weighted by Gasteiger charge is 2.33. The van der Waals surface area contributed by atoms with Crippen LogP contribution in [0.25, 0.3) is 0 Å². The van der Waals surface area contributed by atoms with Gasteiger partial charge < -0.3 is 14.6 Å². The first-order valence-electron chi connectivity index (χ1n) is 8.02. The van der Waals surface area contributed by atoms with Crippen molar-refractivity contribution in [3.05, 3.63) is 18.2 Å². The molecule has 1 aliphatic rings. The van der Waals surface area contributed by atoms with Gasteiger partial charge in [0.05, 0.1) is 24.0 Å². The summed E-state index contributed by atoms with van der Waals surface area (Å²) in [6.45, 7) is 4.78. The van der Waals surface area contributed by atoms with Crippen molar-refractivity contribution in [3.8, 4) is 11.5 Å². The molecule has 2 rings (SSSR count). The summed E-state index contributed by atoms with van der Waals surface area (Å²) in [6, 6.07) is 4.47. The third kappa shape index (κ3) is 3.99. The standard InChI is InChI=1S/C16H23NO6S/c1-3-22-14-8-7-13(10-15(14)23-4-2)24(20,21)17-9-5-6-12(11-17)16(18)19/h7-8,10,12H,3-6,9,11H2,1-2H3,(H,18,19). The molecule has 8 heteroatoms. The summed E-state index contributed by atoms with van der Waals surface area (Å²) in [4.78, 5) is 11.2. The van der Waals surface area contributed by atoms with E-state index in [0.29, 0.717) is 44.1 Å². The van der Waals surface area contributed by atoms with E-state index in [2.05, 4.69) is 0 Å². The molecule has 1 heterocycles. The second-order valence-corrected chi connectivity index (χ2v) is 7.45. The maximum atomic E-state index is 12.8. The van der Waals surface area contributed by atoms with E-state index in [1.54, 1.807) is 13.0 Å². The Morgan fingerprint density at radius 3 is 2.54 bits per heavy atom. The number of carboxylic acid groups (broad SMARTS) is 1. The van der Waals surface area contributed by atoms with Gasteiger partial charge in [-0.1, -0.05) is 0 Å². The summed E-state index contributed by atoms with van der Waals surface area (Å²) in [6.07, 6.45) is 1.03. The van der Waals surface area contributed by atoms with E-state index < -0.39 is 21.9 Å². The van der Waals surface area contributed by atoms with Gasteiger partial charge in [-0.25, -0.2) is 8.42 Å². The van der Waals surface area contributed by atoms with Gasteiger partial charge in [-0.2, -0.15) is 4.31 Å². The summed E-state index contributed by atoms with van der Waals surface area (Å²) in [5, 5.41) is 9.14. The van der Waals surface area contributed by atoms with E-state index in [9.17, 15) is 13.2 Å². The summed E-state index contributed by atoms with van der Waals surface area (Å²) in [5.74, 6) is -0.772. The van der Waals surface area contributed by atoms with Gasteiger partial charge in [0.2, 0.25) is 10.0 Å². The summed E-state index contributed by atoms with van der Waals surface area (Å²) >= 11 is 0. The number of carbonyl (C=O) groups is 1. The highest BCUT2D eigenvalue weighted by atomic mass is 32.2. The molecule has 24 heavy (non-hydrogen) atoms. The molecule has 134 valence electrons. The lowest BCUT2D eigenvalue weighted by Gasteiger charge is -2.30. The fourth-order valence-corrected chi connectivity index (χ4v) is 4.24. The number of carboxylic acids is 1. The molecule has 0 aliphatic carbocycles. The van der Waals surface area contributed by atoms with Gasteiger partial charge in [0.1, 0.15) is 0 Å². The zero-order valence-electron chi connectivity index (χ0n) is 13.9. The van der Waals surface area contributed by atoms with Gasteiger partial charge in [0.25, 0.3) is 0 Å². The molecule has 0 bridgehead atoms. The first-order valence-corrected chi connectivity index (χ1v) is 9.46. The molecule has 0 saturated carbocycles. The van der Waals surface area contributed by atoms with Crippen LogP contribution < -0.4 is 9.47 Å². The van der Waals surface area contributed by atoms with Crippen LogP contribution in [0, 0.1) is 5.92 Å². The average Bonchev–Trinajstić information content (AvgIpc) is 2.57. The van der Waals surface area contributed by atoms with Crippen LogP contribution in [0.15, 0.2) is 23.1 Å². The smallest absolute Gasteiger partial charge is 0.307 e. The van der Waals surface area contributed by atoms with Crippen molar-refractivity contribution in [2.24, 2.45) is 5.92 Å². The van der Waals surface area contributed by atoms with Crippen molar-refractivity contribution in [1.82, 2.24) is 4.31 Å². The second kappa shape index (κ2) is 7.85. The van der Waals surface area contributed by atoms with Crippen LogP contribution in [0.2, 0.25) is 0 Å². The Morgan fingerprint density at radius 1 is 1.25 bits per heavy atom. The molecule has 1 aromatic rings. The van der Waals surface area contributed by atoms with Crippen molar-refractivity contribution in [2.45, 2.75) is 31.6 Å². The molecule has 1 unspecified atom stereocenters. The predicted molar refractivity (Wildman–Crippen MR) is 87.9 cm³/mol. The topological polar surface area (TPSA) is 93.1 Å². The molecule has 1 atom stereocenters. The number of hydrogen-bond donors (Lipinski definition) is 1. The van der Waals surface area contributed by atoms with Gasteiger partial charge in [-0.3, -0.25) is 4.79 Å². The molecule has 0 radical (unpaired) electrons. The van der Waals surface area contributed by atoms with Crippen LogP contribution in [0.3, 0.4) is 0 Å². The van der Waals surface area contributed by atoms with Crippen LogP contribution in [0.4, 0.5) is 0 Å². The second-order valence-electron chi connectivity index (χ2n) is 5.52. The molecular weight excluding hydrogens is 334 g/mol. The maximum Gasteiger partial charge on any atom is 0.307 e. The quantitative estimate of drug-likeness (QED) is 0.802. The first kappa shape index (κ1) is 18.5. The van der Waals surface area contributed by atoms with Crippen LogP contribution in [0.1, 0.15) is 26.7 Å². The molecule has 7 nitrogen and oxygen atoms in total. The Morgan fingerprint density at radius 2 is 1.92 bits per heavy atom. The van der Waals surface area contributed by atoms with Crippen molar-refractivity contribution in [2.75, 3.05) is 26.3 Å². The highest BCUT2D eigenvalue weighted by molar-refractivity contribution is 7.89. The summed E-state index contributed by atoms with van der Waals surface area (Å²) in [5.41, 5.74) is 0. The lowest BCUT2D eigenvalue weighted by Crippen LogP contribution is -2.42. The summed E-state index contributed by atoms with van der Waals surface area (Å²) < 4.78 is 37.8. The van der Waals surface area contributed by atoms with Crippen molar-refractivity contribution < 1.29 is 27.8 Å². The Hall–Kier alpha value is -1.80. The van der Waals surface area contributed by atoms with Crippen LogP contribution in [0.5, 0.6) is 11.5 Å². The molecule has 1 saturated heterocycles. The van der Waals surface area contributed by atoms with Crippen molar-refractivity contribution in [3.63, 3.8) is 0 Å². The van der Waals surface area contributed by atoms with E-state index in [1.165, 1.54) is 16.4 Å². The Balaban J connectivity index is 2.31. The molecule has 1 N–H and O–H groups in total. The third-order valence-electron chi connectivity index (χ3n) is 3.89. The van der Waals surface area contributed by atoms with Gasteiger partial charge in [0, 0.05) is 19.2 Å². The number of hydrogen-bond acceptors (Lipinski definition) is 5. The minimum absolute atomic E-state index is 0.00511. The Bertz CT molecular complexity index is 688. The van der Waals surface area contributed by atoms with Gasteiger partial charge in [0.15, 0.2) is 11.5 Å². The molecule has 0 aromatic heterocycles. The third-order valence-corrected chi connectivity index (χ3v) is 5.75. The molecule has 1 fully saturated rings. The SMILES string of the molecule is CCOc1ccc(S(=O)(=O)N2CCCC(C(=O)O)C2)cc1OCC. The minimum atomic E-state index is -3.77. The normalized spacial score (nSPS) is 19.0. The zero-order chi connectivity index (χ0) is 17.7. The molecule has 1 aliphatic heterocycles. The van der Waals surface area contributed by atoms with Crippen LogP contribution in [-0.4, -0.2) is 50.1 Å². The van der Waals surface area contributed by atoms with Gasteiger partial charge >= 0.3 is 5.97 Å². The van der Waals surface area contributed by atoms with E-state index in [0.717, 1.165) is 0 Å². The van der Waals surface area contributed by atoms with E-state index in [1.807, 2.05) is 6.92 Å². The average molecular weight is 357 g/mol. The van der Waals surface area contributed by atoms with E-state index in [-0.39, 0.29) is 11.4 Å². The van der Waals surface area contributed by atoms with Crippen LogP contribution >= 0.6 is 0 Å². The lowest BCUT2D eigenvalue weighted by atomic mass is 10.0. The molecule has 0 spiro atoms. The van der Waals surface area contributed by atoms with E-state index >= 15 is 0 Å². The number of ether oxygens (including phenoxy) is 2. The number of aliphatic carboxylic acids is 1. The van der Waals surface area contributed by atoms with Gasteiger partial charge in [-0.05, 0) is 38.8 Å². The first-order chi connectivity index (χ1) is 11.4. The zero-order valence-corrected chi connectivity index (χ0v) is 14.7. The van der Waals surface area contributed by atoms with Crippen molar-refractivity contribution >= 4 is 16.0 Å². The maximum absolute atomic E-state index is 12.8. The van der Waals surface area contributed by atoms with Crippen LogP contribution in [-0.2, 0) is 14.8 Å². The van der Waals surface area contributed by atoms with E-state index in [4.69, 9.17) is 14.6 Å². The fourth-order valence-electron chi connectivity index (χ4n) is 2.70. The summed E-state index contributed by atoms with van der Waals surface area (Å²) in [7, 11) is -3.77. The Kier molecular flexibility index (Phi) is 6.06. The largest absolute Gasteiger partial charge is 0.490 e. The number of rotatable bonds is 7. The predicted octanol–water partition coefficient (Wildman–Crippen LogP) is 1.97. The fraction of sp³-hybridized carbons (Fsp3) is 0.562. The number of nitrogens with zero attached hydrogens (tertiary/aromatic N) is 1. The number of piperidine rings is 1. The van der Waals surface area contributed by atoms with Crippen molar-refractivity contribution in [1.29, 1.82) is 0 Å². The molecular formula is C16H23NO6S. The number of benzene rings is 1. The Labute approximate surface area is 142 Å².